The number of carbonyl (C=O) groups is 1. The number of nitriles is 1. The van der Waals surface area contributed by atoms with Gasteiger partial charge in [-0.05, 0) is 18.6 Å². The fourth-order valence-corrected chi connectivity index (χ4v) is 2.28. The van der Waals surface area contributed by atoms with Crippen molar-refractivity contribution in [2.24, 2.45) is 0 Å². The SMILES string of the molecule is CNc1c(C)cccc1-n1cc(C#N)c(N)c1C(=O)OC. The number of nitrogens with zero attached hydrogens (tertiary/aromatic N) is 2. The molecule has 0 radical (unpaired) electrons. The van der Waals surface area contributed by atoms with Crippen LogP contribution in [0.15, 0.2) is 24.4 Å². The maximum Gasteiger partial charge on any atom is 0.357 e. The minimum Gasteiger partial charge on any atom is -0.464 e. The number of aryl methyl sites for hydroxylation is 1. The molecule has 0 unspecified atom stereocenters. The zero-order valence-electron chi connectivity index (χ0n) is 12.1. The van der Waals surface area contributed by atoms with Crippen molar-refractivity contribution >= 4 is 17.3 Å². The largest absolute Gasteiger partial charge is 0.464 e. The highest BCUT2D eigenvalue weighted by Gasteiger charge is 2.23. The normalized spacial score (nSPS) is 10.0. The predicted octanol–water partition coefficient (Wildman–Crippen LogP) is 2.07. The van der Waals surface area contributed by atoms with Gasteiger partial charge in [-0.15, -0.1) is 0 Å². The molecule has 21 heavy (non-hydrogen) atoms. The molecule has 1 aromatic heterocycles. The predicted molar refractivity (Wildman–Crippen MR) is 80.5 cm³/mol. The number of benzene rings is 1. The molecule has 0 fully saturated rings. The molecule has 1 heterocycles. The summed E-state index contributed by atoms with van der Waals surface area (Å²) in [6.45, 7) is 1.95. The number of nitrogens with two attached hydrogens (primary N) is 1. The van der Waals surface area contributed by atoms with Crippen molar-refractivity contribution < 1.29 is 9.53 Å². The zero-order valence-corrected chi connectivity index (χ0v) is 12.1. The van der Waals surface area contributed by atoms with E-state index in [0.29, 0.717) is 0 Å². The number of aromatic nitrogens is 1. The summed E-state index contributed by atoms with van der Waals surface area (Å²) in [7, 11) is 3.07. The van der Waals surface area contributed by atoms with E-state index in [9.17, 15) is 4.79 Å². The zero-order chi connectivity index (χ0) is 15.6. The number of para-hydroxylation sites is 1. The van der Waals surface area contributed by atoms with Gasteiger partial charge in [0.2, 0.25) is 0 Å². The number of carbonyl (C=O) groups excluding carboxylic acids is 1. The van der Waals surface area contributed by atoms with Gasteiger partial charge in [0.1, 0.15) is 6.07 Å². The average molecular weight is 284 g/mol. The molecule has 0 aliphatic carbocycles. The summed E-state index contributed by atoms with van der Waals surface area (Å²) in [5.74, 6) is -0.586. The molecule has 0 bridgehead atoms. The second kappa shape index (κ2) is 5.59. The van der Waals surface area contributed by atoms with Gasteiger partial charge in [0.15, 0.2) is 5.69 Å². The Kier molecular flexibility index (Phi) is 3.85. The molecule has 0 saturated heterocycles. The summed E-state index contributed by atoms with van der Waals surface area (Å²) in [6.07, 6.45) is 1.54. The first-order valence-corrected chi connectivity index (χ1v) is 6.32. The molecule has 2 rings (SSSR count). The highest BCUT2D eigenvalue weighted by atomic mass is 16.5. The van der Waals surface area contributed by atoms with Crippen LogP contribution in [0.5, 0.6) is 0 Å². The van der Waals surface area contributed by atoms with Crippen LogP contribution in [0.25, 0.3) is 5.69 Å². The monoisotopic (exact) mass is 284 g/mol. The fourth-order valence-electron chi connectivity index (χ4n) is 2.28. The van der Waals surface area contributed by atoms with Crippen LogP contribution in [0, 0.1) is 18.3 Å². The van der Waals surface area contributed by atoms with E-state index in [1.165, 1.54) is 13.3 Å². The lowest BCUT2D eigenvalue weighted by Gasteiger charge is -2.15. The first-order chi connectivity index (χ1) is 10.0. The van der Waals surface area contributed by atoms with Gasteiger partial charge in [-0.1, -0.05) is 12.1 Å². The third kappa shape index (κ3) is 2.30. The number of rotatable bonds is 3. The van der Waals surface area contributed by atoms with Crippen molar-refractivity contribution in [1.82, 2.24) is 4.57 Å². The van der Waals surface area contributed by atoms with Crippen LogP contribution >= 0.6 is 0 Å². The minimum atomic E-state index is -0.586. The van der Waals surface area contributed by atoms with E-state index in [0.717, 1.165) is 16.9 Å². The Bertz CT molecular complexity index is 741. The minimum absolute atomic E-state index is 0.118. The van der Waals surface area contributed by atoms with Crippen LogP contribution in [0.3, 0.4) is 0 Å². The molecule has 6 heteroatoms. The summed E-state index contributed by atoms with van der Waals surface area (Å²) < 4.78 is 6.35. The van der Waals surface area contributed by atoms with Crippen molar-refractivity contribution in [3.05, 3.63) is 41.2 Å². The van der Waals surface area contributed by atoms with Crippen LogP contribution in [0.4, 0.5) is 11.4 Å². The van der Waals surface area contributed by atoms with Crippen LogP contribution in [-0.2, 0) is 4.74 Å². The number of hydrogen-bond acceptors (Lipinski definition) is 5. The third-order valence-electron chi connectivity index (χ3n) is 3.30. The maximum absolute atomic E-state index is 12.0. The molecule has 1 aromatic carbocycles. The lowest BCUT2D eigenvalue weighted by atomic mass is 10.1. The summed E-state index contributed by atoms with van der Waals surface area (Å²) in [6, 6.07) is 7.64. The van der Waals surface area contributed by atoms with Crippen molar-refractivity contribution in [2.45, 2.75) is 6.92 Å². The maximum atomic E-state index is 12.0. The van der Waals surface area contributed by atoms with Crippen LogP contribution in [0.2, 0.25) is 0 Å². The third-order valence-corrected chi connectivity index (χ3v) is 3.30. The van der Waals surface area contributed by atoms with E-state index in [4.69, 9.17) is 15.7 Å². The summed E-state index contributed by atoms with van der Waals surface area (Å²) in [4.78, 5) is 12.0. The molecule has 2 aromatic rings. The Morgan fingerprint density at radius 1 is 1.48 bits per heavy atom. The van der Waals surface area contributed by atoms with Gasteiger partial charge in [-0.25, -0.2) is 4.79 Å². The quantitative estimate of drug-likeness (QED) is 0.842. The number of anilines is 2. The highest BCUT2D eigenvalue weighted by Crippen LogP contribution is 2.30. The van der Waals surface area contributed by atoms with E-state index < -0.39 is 5.97 Å². The Hall–Kier alpha value is -2.94. The van der Waals surface area contributed by atoms with E-state index in [1.54, 1.807) is 11.6 Å². The Balaban J connectivity index is 2.79. The lowest BCUT2D eigenvalue weighted by molar-refractivity contribution is 0.0593. The van der Waals surface area contributed by atoms with Gasteiger partial charge in [-0.2, -0.15) is 5.26 Å². The van der Waals surface area contributed by atoms with Crippen molar-refractivity contribution in [1.29, 1.82) is 5.26 Å². The first-order valence-electron chi connectivity index (χ1n) is 6.32. The molecular weight excluding hydrogens is 268 g/mol. The first kappa shape index (κ1) is 14.5. The standard InChI is InChI=1S/C15H16N4O2/c1-9-5-4-6-11(13(9)18-2)19-8-10(7-16)12(17)14(19)15(20)21-3/h4-6,8,18H,17H2,1-3H3. The molecule has 6 nitrogen and oxygen atoms in total. The van der Waals surface area contributed by atoms with E-state index in [-0.39, 0.29) is 16.9 Å². The van der Waals surface area contributed by atoms with Crippen molar-refractivity contribution in [3.8, 4) is 11.8 Å². The second-order valence-corrected chi connectivity index (χ2v) is 4.50. The van der Waals surface area contributed by atoms with Crippen LogP contribution < -0.4 is 11.1 Å². The molecule has 108 valence electrons. The Morgan fingerprint density at radius 3 is 2.76 bits per heavy atom. The second-order valence-electron chi connectivity index (χ2n) is 4.50. The molecule has 0 saturated carbocycles. The number of ether oxygens (including phenoxy) is 1. The summed E-state index contributed by atoms with van der Waals surface area (Å²) in [5.41, 5.74) is 8.98. The van der Waals surface area contributed by atoms with Crippen molar-refractivity contribution in [3.63, 3.8) is 0 Å². The van der Waals surface area contributed by atoms with Gasteiger partial charge in [-0.3, -0.25) is 0 Å². The summed E-state index contributed by atoms with van der Waals surface area (Å²) in [5, 5.41) is 12.2. The highest BCUT2D eigenvalue weighted by molar-refractivity contribution is 5.96. The van der Waals surface area contributed by atoms with Crippen molar-refractivity contribution in [2.75, 3.05) is 25.2 Å². The lowest BCUT2D eigenvalue weighted by Crippen LogP contribution is -2.12. The molecular formula is C15H16N4O2. The Morgan fingerprint density at radius 2 is 2.19 bits per heavy atom. The Labute approximate surface area is 122 Å². The van der Waals surface area contributed by atoms with Crippen LogP contribution in [-0.4, -0.2) is 24.7 Å². The molecule has 0 atom stereocenters. The number of esters is 1. The van der Waals surface area contributed by atoms with E-state index >= 15 is 0 Å². The molecule has 3 N–H and O–H groups in total. The molecule has 0 amide bonds. The van der Waals surface area contributed by atoms with Gasteiger partial charge in [0.25, 0.3) is 0 Å². The fraction of sp³-hybridized carbons (Fsp3) is 0.200. The van der Waals surface area contributed by atoms with Crippen LogP contribution in [0.1, 0.15) is 21.6 Å². The molecule has 0 spiro atoms. The topological polar surface area (TPSA) is 93.1 Å². The number of nitrogens with one attached hydrogen (secondary N) is 1. The number of methoxy groups -OCH3 is 1. The number of hydrogen-bond donors (Lipinski definition) is 2. The summed E-state index contributed by atoms with van der Waals surface area (Å²) >= 11 is 0. The average Bonchev–Trinajstić information content (AvgIpc) is 2.82. The van der Waals surface area contributed by atoms with Gasteiger partial charge in [0, 0.05) is 13.2 Å². The molecule has 0 aliphatic heterocycles. The van der Waals surface area contributed by atoms with Gasteiger partial charge in [0.05, 0.1) is 29.7 Å². The van der Waals surface area contributed by atoms with E-state index in [2.05, 4.69) is 5.32 Å². The van der Waals surface area contributed by atoms with Gasteiger partial charge >= 0.3 is 5.97 Å². The smallest absolute Gasteiger partial charge is 0.357 e. The van der Waals surface area contributed by atoms with Gasteiger partial charge < -0.3 is 20.4 Å². The molecule has 0 aliphatic rings. The van der Waals surface area contributed by atoms with E-state index in [1.807, 2.05) is 31.2 Å². The number of nitrogen functional groups attached to an aromatic ring is 1.